The second kappa shape index (κ2) is 10.9. The number of carbonyl (C=O) groups excluding carboxylic acids is 2. The molecule has 0 bridgehead atoms. The van der Waals surface area contributed by atoms with E-state index in [2.05, 4.69) is 39.2 Å². The van der Waals surface area contributed by atoms with E-state index >= 15 is 0 Å². The van der Waals surface area contributed by atoms with E-state index in [1.807, 2.05) is 36.4 Å². The van der Waals surface area contributed by atoms with Crippen LogP contribution in [0.2, 0.25) is 0 Å². The molecule has 2 fully saturated rings. The summed E-state index contributed by atoms with van der Waals surface area (Å²) in [5, 5.41) is 2.97. The van der Waals surface area contributed by atoms with Crippen LogP contribution in [0.25, 0.3) is 0 Å². The molecule has 0 aliphatic carbocycles. The Balaban J connectivity index is 1.30. The van der Waals surface area contributed by atoms with Crippen molar-refractivity contribution in [3.63, 3.8) is 0 Å². The summed E-state index contributed by atoms with van der Waals surface area (Å²) in [6, 6.07) is 16.0. The molecule has 2 amide bonds. The van der Waals surface area contributed by atoms with Crippen molar-refractivity contribution in [2.45, 2.75) is 52.1 Å². The standard InChI is InChI=1S/C27H36N4O2/c1-27(14-6-8-16-31(26(27)33)20-22-9-3-2-4-10-22)23-12-17-30(18-13-23)21-25(32)29-19-24-11-5-7-15-28-24/h2-5,7,9-11,15,23H,6,8,12-14,16-21H2,1H3,(H,29,32). The summed E-state index contributed by atoms with van der Waals surface area (Å²) < 4.78 is 0. The van der Waals surface area contributed by atoms with Gasteiger partial charge in [0.1, 0.15) is 0 Å². The maximum atomic E-state index is 13.7. The highest BCUT2D eigenvalue weighted by molar-refractivity contribution is 5.83. The van der Waals surface area contributed by atoms with Gasteiger partial charge in [0.05, 0.1) is 18.8 Å². The van der Waals surface area contributed by atoms with Crippen LogP contribution < -0.4 is 5.32 Å². The van der Waals surface area contributed by atoms with Crippen molar-refractivity contribution in [2.24, 2.45) is 11.3 Å². The molecule has 0 radical (unpaired) electrons. The van der Waals surface area contributed by atoms with Crippen LogP contribution in [0.3, 0.4) is 0 Å². The molecule has 0 saturated carbocycles. The third kappa shape index (κ3) is 5.99. The molecule has 3 heterocycles. The third-order valence-electron chi connectivity index (χ3n) is 7.41. The monoisotopic (exact) mass is 448 g/mol. The van der Waals surface area contributed by atoms with Gasteiger partial charge >= 0.3 is 0 Å². The van der Waals surface area contributed by atoms with Crippen LogP contribution in [0.15, 0.2) is 54.7 Å². The van der Waals surface area contributed by atoms with Crippen LogP contribution in [0.5, 0.6) is 0 Å². The summed E-state index contributed by atoms with van der Waals surface area (Å²) in [6.07, 6.45) is 6.81. The van der Waals surface area contributed by atoms with E-state index in [9.17, 15) is 9.59 Å². The Kier molecular flexibility index (Phi) is 7.76. The lowest BCUT2D eigenvalue weighted by Crippen LogP contribution is -2.49. The zero-order chi connectivity index (χ0) is 23.1. The topological polar surface area (TPSA) is 65.5 Å². The van der Waals surface area contributed by atoms with Crippen LogP contribution >= 0.6 is 0 Å². The second-order valence-electron chi connectivity index (χ2n) is 9.74. The van der Waals surface area contributed by atoms with Gasteiger partial charge in [0.25, 0.3) is 0 Å². The zero-order valence-corrected chi connectivity index (χ0v) is 19.7. The van der Waals surface area contributed by atoms with Crippen molar-refractivity contribution in [1.29, 1.82) is 0 Å². The van der Waals surface area contributed by atoms with E-state index in [4.69, 9.17) is 0 Å². The molecule has 1 aromatic heterocycles. The molecule has 2 aliphatic rings. The Morgan fingerprint density at radius 1 is 1.06 bits per heavy atom. The number of nitrogens with one attached hydrogen (secondary N) is 1. The first kappa shape index (κ1) is 23.4. The Bertz CT molecular complexity index is 912. The van der Waals surface area contributed by atoms with Gasteiger partial charge in [0.2, 0.25) is 11.8 Å². The number of amides is 2. The molecule has 6 heteroatoms. The number of carbonyl (C=O) groups is 2. The first-order valence-electron chi connectivity index (χ1n) is 12.3. The molecule has 2 saturated heterocycles. The number of hydrogen-bond donors (Lipinski definition) is 1. The summed E-state index contributed by atoms with van der Waals surface area (Å²) in [7, 11) is 0. The highest BCUT2D eigenvalue weighted by Gasteiger charge is 2.45. The van der Waals surface area contributed by atoms with Crippen LogP contribution in [-0.2, 0) is 22.7 Å². The lowest BCUT2D eigenvalue weighted by atomic mass is 9.69. The number of aromatic nitrogens is 1. The largest absolute Gasteiger partial charge is 0.349 e. The van der Waals surface area contributed by atoms with E-state index in [-0.39, 0.29) is 11.3 Å². The van der Waals surface area contributed by atoms with Crippen molar-refractivity contribution < 1.29 is 9.59 Å². The van der Waals surface area contributed by atoms with Gasteiger partial charge in [0, 0.05) is 24.7 Å². The van der Waals surface area contributed by atoms with Crippen molar-refractivity contribution in [3.05, 3.63) is 66.0 Å². The lowest BCUT2D eigenvalue weighted by Gasteiger charge is -2.42. The van der Waals surface area contributed by atoms with Gasteiger partial charge < -0.3 is 10.2 Å². The minimum Gasteiger partial charge on any atom is -0.349 e. The molecule has 2 aromatic rings. The molecule has 4 rings (SSSR count). The first-order valence-corrected chi connectivity index (χ1v) is 12.3. The van der Waals surface area contributed by atoms with E-state index in [1.165, 1.54) is 5.56 Å². The quantitative estimate of drug-likeness (QED) is 0.703. The van der Waals surface area contributed by atoms with Gasteiger partial charge in [-0.2, -0.15) is 0 Å². The van der Waals surface area contributed by atoms with Gasteiger partial charge in [-0.3, -0.25) is 19.5 Å². The number of piperidine rings is 1. The molecule has 1 N–H and O–H groups in total. The molecule has 1 unspecified atom stereocenters. The molecule has 1 aromatic carbocycles. The molecule has 0 spiro atoms. The molecule has 6 nitrogen and oxygen atoms in total. The minimum atomic E-state index is -0.307. The molecular weight excluding hydrogens is 412 g/mol. The van der Waals surface area contributed by atoms with E-state index < -0.39 is 0 Å². The first-order chi connectivity index (χ1) is 16.0. The summed E-state index contributed by atoms with van der Waals surface area (Å²) in [5.74, 6) is 0.717. The van der Waals surface area contributed by atoms with Crippen LogP contribution in [-0.4, -0.2) is 52.8 Å². The third-order valence-corrected chi connectivity index (χ3v) is 7.41. The predicted octanol–water partition coefficient (Wildman–Crippen LogP) is 3.63. The Hall–Kier alpha value is -2.73. The number of benzene rings is 1. The minimum absolute atomic E-state index is 0.0323. The van der Waals surface area contributed by atoms with Crippen molar-refractivity contribution in [3.8, 4) is 0 Å². The van der Waals surface area contributed by atoms with Crippen molar-refractivity contribution >= 4 is 11.8 Å². The van der Waals surface area contributed by atoms with Gasteiger partial charge in [-0.05, 0) is 62.4 Å². The SMILES string of the molecule is CC1(C2CCN(CC(=O)NCc3ccccn3)CC2)CCCCN(Cc2ccccc2)C1=O. The maximum Gasteiger partial charge on any atom is 0.234 e. The molecule has 33 heavy (non-hydrogen) atoms. The summed E-state index contributed by atoms with van der Waals surface area (Å²) in [6.45, 7) is 6.33. The summed E-state index contributed by atoms with van der Waals surface area (Å²) >= 11 is 0. The van der Waals surface area contributed by atoms with Gasteiger partial charge in [0.15, 0.2) is 0 Å². The average Bonchev–Trinajstić information content (AvgIpc) is 2.99. The number of rotatable bonds is 7. The zero-order valence-electron chi connectivity index (χ0n) is 19.7. The normalized spacial score (nSPS) is 22.7. The number of nitrogens with zero attached hydrogens (tertiary/aromatic N) is 3. The van der Waals surface area contributed by atoms with Gasteiger partial charge in [-0.25, -0.2) is 0 Å². The van der Waals surface area contributed by atoms with Crippen molar-refractivity contribution in [2.75, 3.05) is 26.2 Å². The van der Waals surface area contributed by atoms with E-state index in [1.54, 1.807) is 6.20 Å². The molecular formula is C27H36N4O2. The fourth-order valence-corrected chi connectivity index (χ4v) is 5.38. The van der Waals surface area contributed by atoms with Crippen LogP contribution in [0.1, 0.15) is 50.3 Å². The average molecular weight is 449 g/mol. The lowest BCUT2D eigenvalue weighted by molar-refractivity contribution is -0.146. The molecule has 1 atom stereocenters. The van der Waals surface area contributed by atoms with Crippen LogP contribution in [0.4, 0.5) is 0 Å². The Morgan fingerprint density at radius 3 is 2.55 bits per heavy atom. The number of likely N-dealkylation sites (tertiary alicyclic amines) is 2. The predicted molar refractivity (Wildman–Crippen MR) is 129 cm³/mol. The van der Waals surface area contributed by atoms with Crippen LogP contribution in [0, 0.1) is 11.3 Å². The second-order valence-corrected chi connectivity index (χ2v) is 9.74. The number of pyridine rings is 1. The fourth-order valence-electron chi connectivity index (χ4n) is 5.38. The maximum absolute atomic E-state index is 13.7. The Morgan fingerprint density at radius 2 is 1.82 bits per heavy atom. The molecule has 176 valence electrons. The molecule has 2 aliphatic heterocycles. The summed E-state index contributed by atoms with van der Waals surface area (Å²) in [5.41, 5.74) is 1.75. The van der Waals surface area contributed by atoms with Crippen molar-refractivity contribution in [1.82, 2.24) is 20.1 Å². The van der Waals surface area contributed by atoms with E-state index in [0.29, 0.717) is 31.5 Å². The highest BCUT2D eigenvalue weighted by Crippen LogP contribution is 2.42. The van der Waals surface area contributed by atoms with Gasteiger partial charge in [-0.15, -0.1) is 0 Å². The Labute approximate surface area is 197 Å². The highest BCUT2D eigenvalue weighted by atomic mass is 16.2. The van der Waals surface area contributed by atoms with E-state index in [0.717, 1.165) is 57.4 Å². The van der Waals surface area contributed by atoms with Gasteiger partial charge in [-0.1, -0.05) is 49.7 Å². The number of hydrogen-bond acceptors (Lipinski definition) is 4. The smallest absolute Gasteiger partial charge is 0.234 e. The fraction of sp³-hybridized carbons (Fsp3) is 0.519. The summed E-state index contributed by atoms with van der Waals surface area (Å²) in [4.78, 5) is 34.6.